The number of rotatable bonds is 4. The molecule has 2 nitrogen and oxygen atoms in total. The van der Waals surface area contributed by atoms with E-state index in [9.17, 15) is 0 Å². The highest BCUT2D eigenvalue weighted by Crippen LogP contribution is 2.22. The average molecular weight is 252 g/mol. The van der Waals surface area contributed by atoms with Gasteiger partial charge in [0.2, 0.25) is 0 Å². The molecule has 0 aliphatic carbocycles. The van der Waals surface area contributed by atoms with Gasteiger partial charge in [0.05, 0.1) is 0 Å². The normalized spacial score (nSPS) is 24.1. The highest BCUT2D eigenvalue weighted by Gasteiger charge is 2.29. The Morgan fingerprint density at radius 3 is 3.00 bits per heavy atom. The Bertz CT molecular complexity index is 332. The molecule has 1 aromatic rings. The molecule has 0 spiro atoms. The monoisotopic (exact) mass is 252 g/mol. The minimum atomic E-state index is 0.306. The summed E-state index contributed by atoms with van der Waals surface area (Å²) in [6.07, 6.45) is 3.73. The zero-order valence-corrected chi connectivity index (χ0v) is 12.0. The first-order chi connectivity index (χ1) is 8.07. The molecule has 1 N–H and O–H groups in total. The van der Waals surface area contributed by atoms with Crippen LogP contribution in [0.25, 0.3) is 0 Å². The van der Waals surface area contributed by atoms with Crippen LogP contribution in [0.1, 0.15) is 31.6 Å². The van der Waals surface area contributed by atoms with Gasteiger partial charge in [0, 0.05) is 23.0 Å². The van der Waals surface area contributed by atoms with Gasteiger partial charge >= 0.3 is 0 Å². The summed E-state index contributed by atoms with van der Waals surface area (Å²) in [5, 5.41) is 5.76. The highest BCUT2D eigenvalue weighted by atomic mass is 32.1. The standard InChI is InChI=1S/C14H24N2S/c1-14(2)11-12(6-8-15-14)16(3)9-7-13-5-4-10-17-13/h4-5,10,12,15H,6-9,11H2,1-3H3. The Balaban J connectivity index is 1.81. The van der Waals surface area contributed by atoms with Gasteiger partial charge in [-0.2, -0.15) is 0 Å². The molecule has 1 unspecified atom stereocenters. The average Bonchev–Trinajstić information content (AvgIpc) is 2.77. The quantitative estimate of drug-likeness (QED) is 0.886. The summed E-state index contributed by atoms with van der Waals surface area (Å²) in [5.41, 5.74) is 0.306. The summed E-state index contributed by atoms with van der Waals surface area (Å²) in [4.78, 5) is 4.05. The molecule has 3 heteroatoms. The van der Waals surface area contributed by atoms with Gasteiger partial charge in [-0.25, -0.2) is 0 Å². The topological polar surface area (TPSA) is 15.3 Å². The van der Waals surface area contributed by atoms with Crippen molar-refractivity contribution >= 4 is 11.3 Å². The third kappa shape index (κ3) is 3.80. The maximum absolute atomic E-state index is 3.59. The second-order valence-electron chi connectivity index (χ2n) is 5.77. The van der Waals surface area contributed by atoms with Crippen molar-refractivity contribution in [3.63, 3.8) is 0 Å². The van der Waals surface area contributed by atoms with E-state index in [1.807, 2.05) is 11.3 Å². The summed E-state index contributed by atoms with van der Waals surface area (Å²) in [5.74, 6) is 0. The molecule has 96 valence electrons. The largest absolute Gasteiger partial charge is 0.312 e. The molecule has 2 heterocycles. The lowest BCUT2D eigenvalue weighted by atomic mass is 9.88. The van der Waals surface area contributed by atoms with Crippen LogP contribution in [0.15, 0.2) is 17.5 Å². The van der Waals surface area contributed by atoms with E-state index in [2.05, 4.69) is 48.6 Å². The fourth-order valence-electron chi connectivity index (χ4n) is 2.64. The van der Waals surface area contributed by atoms with Crippen LogP contribution in [-0.2, 0) is 6.42 Å². The lowest BCUT2D eigenvalue weighted by molar-refractivity contribution is 0.145. The maximum atomic E-state index is 3.59. The van der Waals surface area contributed by atoms with E-state index in [4.69, 9.17) is 0 Å². The van der Waals surface area contributed by atoms with Gasteiger partial charge in [-0.1, -0.05) is 6.07 Å². The number of nitrogens with one attached hydrogen (secondary N) is 1. The van der Waals surface area contributed by atoms with Crippen LogP contribution in [0.2, 0.25) is 0 Å². The number of piperidine rings is 1. The summed E-state index contributed by atoms with van der Waals surface area (Å²) in [7, 11) is 2.28. The minimum absolute atomic E-state index is 0.306. The van der Waals surface area contributed by atoms with E-state index < -0.39 is 0 Å². The Labute approximate surface area is 109 Å². The van der Waals surface area contributed by atoms with E-state index in [-0.39, 0.29) is 0 Å². The number of hydrogen-bond acceptors (Lipinski definition) is 3. The van der Waals surface area contributed by atoms with Crippen LogP contribution in [0.4, 0.5) is 0 Å². The zero-order chi connectivity index (χ0) is 12.3. The lowest BCUT2D eigenvalue weighted by Crippen LogP contribution is -2.52. The van der Waals surface area contributed by atoms with Gasteiger partial charge < -0.3 is 10.2 Å². The molecule has 0 radical (unpaired) electrons. The molecule has 1 aliphatic rings. The van der Waals surface area contributed by atoms with Crippen LogP contribution < -0.4 is 5.32 Å². The Kier molecular flexibility index (Phi) is 4.23. The molecule has 1 atom stereocenters. The molecular weight excluding hydrogens is 228 g/mol. The molecule has 1 aliphatic heterocycles. The van der Waals surface area contributed by atoms with E-state index in [0.717, 1.165) is 12.6 Å². The smallest absolute Gasteiger partial charge is 0.0140 e. The SMILES string of the molecule is CN(CCc1cccs1)C1CCNC(C)(C)C1. The number of hydrogen-bond donors (Lipinski definition) is 1. The van der Waals surface area contributed by atoms with E-state index in [1.54, 1.807) is 0 Å². The predicted octanol–water partition coefficient (Wildman–Crippen LogP) is 2.75. The van der Waals surface area contributed by atoms with Crippen molar-refractivity contribution in [1.82, 2.24) is 10.2 Å². The van der Waals surface area contributed by atoms with Gasteiger partial charge in [0.1, 0.15) is 0 Å². The summed E-state index contributed by atoms with van der Waals surface area (Å²) >= 11 is 1.87. The molecule has 0 bridgehead atoms. The highest BCUT2D eigenvalue weighted by molar-refractivity contribution is 7.09. The van der Waals surface area contributed by atoms with Crippen molar-refractivity contribution in [2.75, 3.05) is 20.1 Å². The molecule has 1 saturated heterocycles. The van der Waals surface area contributed by atoms with Crippen LogP contribution in [0.3, 0.4) is 0 Å². The molecule has 1 aromatic heterocycles. The van der Waals surface area contributed by atoms with Crippen LogP contribution in [0, 0.1) is 0 Å². The fourth-order valence-corrected chi connectivity index (χ4v) is 3.34. The first kappa shape index (κ1) is 13.1. The van der Waals surface area contributed by atoms with Crippen molar-refractivity contribution in [2.45, 2.75) is 44.7 Å². The van der Waals surface area contributed by atoms with Gasteiger partial charge in [-0.3, -0.25) is 0 Å². The summed E-state index contributed by atoms with van der Waals surface area (Å²) < 4.78 is 0. The third-order valence-electron chi connectivity index (χ3n) is 3.74. The van der Waals surface area contributed by atoms with Crippen molar-refractivity contribution in [1.29, 1.82) is 0 Å². The summed E-state index contributed by atoms with van der Waals surface area (Å²) in [6, 6.07) is 5.13. The van der Waals surface area contributed by atoms with Crippen molar-refractivity contribution in [3.8, 4) is 0 Å². The molecule has 2 rings (SSSR count). The van der Waals surface area contributed by atoms with Gasteiger partial charge in [-0.15, -0.1) is 11.3 Å². The molecule has 0 amide bonds. The zero-order valence-electron chi connectivity index (χ0n) is 11.2. The van der Waals surface area contributed by atoms with Crippen molar-refractivity contribution < 1.29 is 0 Å². The Hall–Kier alpha value is -0.380. The molecule has 1 fully saturated rings. The number of thiophene rings is 1. The van der Waals surface area contributed by atoms with Crippen molar-refractivity contribution in [2.24, 2.45) is 0 Å². The van der Waals surface area contributed by atoms with E-state index in [1.165, 1.54) is 30.7 Å². The van der Waals surface area contributed by atoms with Crippen molar-refractivity contribution in [3.05, 3.63) is 22.4 Å². The molecule has 0 aromatic carbocycles. The van der Waals surface area contributed by atoms with Crippen LogP contribution in [0.5, 0.6) is 0 Å². The predicted molar refractivity (Wildman–Crippen MR) is 75.8 cm³/mol. The fraction of sp³-hybridized carbons (Fsp3) is 0.714. The molecule has 17 heavy (non-hydrogen) atoms. The maximum Gasteiger partial charge on any atom is 0.0140 e. The van der Waals surface area contributed by atoms with Gasteiger partial charge in [-0.05, 0) is 58.1 Å². The van der Waals surface area contributed by atoms with Gasteiger partial charge in [0.15, 0.2) is 0 Å². The number of likely N-dealkylation sites (N-methyl/N-ethyl adjacent to an activating group) is 1. The second kappa shape index (κ2) is 5.51. The van der Waals surface area contributed by atoms with E-state index >= 15 is 0 Å². The molecular formula is C14H24N2S. The first-order valence-electron chi connectivity index (χ1n) is 6.54. The number of nitrogens with zero attached hydrogens (tertiary/aromatic N) is 1. The van der Waals surface area contributed by atoms with Crippen LogP contribution in [-0.4, -0.2) is 36.6 Å². The van der Waals surface area contributed by atoms with E-state index in [0.29, 0.717) is 5.54 Å². The minimum Gasteiger partial charge on any atom is -0.312 e. The lowest BCUT2D eigenvalue weighted by Gasteiger charge is -2.40. The third-order valence-corrected chi connectivity index (χ3v) is 4.68. The molecule has 0 saturated carbocycles. The Morgan fingerprint density at radius 2 is 2.35 bits per heavy atom. The second-order valence-corrected chi connectivity index (χ2v) is 6.80. The first-order valence-corrected chi connectivity index (χ1v) is 7.42. The Morgan fingerprint density at radius 1 is 1.53 bits per heavy atom. The summed E-state index contributed by atoms with van der Waals surface area (Å²) in [6.45, 7) is 6.96. The van der Waals surface area contributed by atoms with Gasteiger partial charge in [0.25, 0.3) is 0 Å². The van der Waals surface area contributed by atoms with Crippen LogP contribution >= 0.6 is 11.3 Å².